The Balaban J connectivity index is 1.96. The first-order chi connectivity index (χ1) is 5.81. The van der Waals surface area contributed by atoms with E-state index in [-0.39, 0.29) is 18.1 Å². The summed E-state index contributed by atoms with van der Waals surface area (Å²) < 4.78 is 10.8. The van der Waals surface area contributed by atoms with E-state index in [0.29, 0.717) is 6.54 Å². The molecule has 2 heterocycles. The molecule has 0 unspecified atom stereocenters. The van der Waals surface area contributed by atoms with E-state index in [9.17, 15) is 4.79 Å². The van der Waals surface area contributed by atoms with Gasteiger partial charge in [-0.05, 0) is 0 Å². The SMILES string of the molecule is O=C1COC2(CCOCC2)CN1. The predicted octanol–water partition coefficient (Wildman–Crippen LogP) is -0.318. The minimum atomic E-state index is -0.119. The Kier molecular flexibility index (Phi) is 2.02. The summed E-state index contributed by atoms with van der Waals surface area (Å²) in [7, 11) is 0. The lowest BCUT2D eigenvalue weighted by Gasteiger charge is -2.39. The molecule has 2 aliphatic rings. The van der Waals surface area contributed by atoms with Crippen LogP contribution >= 0.6 is 0 Å². The van der Waals surface area contributed by atoms with Gasteiger partial charge in [-0.25, -0.2) is 0 Å². The van der Waals surface area contributed by atoms with Gasteiger partial charge in [0.25, 0.3) is 0 Å². The van der Waals surface area contributed by atoms with Gasteiger partial charge >= 0.3 is 0 Å². The largest absolute Gasteiger partial charge is 0.381 e. The molecule has 0 aromatic rings. The maximum absolute atomic E-state index is 10.8. The van der Waals surface area contributed by atoms with Crippen LogP contribution < -0.4 is 5.32 Å². The van der Waals surface area contributed by atoms with Crippen molar-refractivity contribution in [1.29, 1.82) is 0 Å². The molecular formula is C8H13NO3. The maximum atomic E-state index is 10.8. The lowest BCUT2D eigenvalue weighted by molar-refractivity contribution is -0.156. The van der Waals surface area contributed by atoms with Crippen molar-refractivity contribution >= 4 is 5.91 Å². The number of nitrogens with one attached hydrogen (secondary N) is 1. The highest BCUT2D eigenvalue weighted by atomic mass is 16.5. The number of amides is 1. The predicted molar refractivity (Wildman–Crippen MR) is 41.7 cm³/mol. The Morgan fingerprint density at radius 3 is 2.67 bits per heavy atom. The standard InChI is InChI=1S/C8H13NO3/c10-7-5-12-8(6-9-7)1-3-11-4-2-8/h1-6H2,(H,9,10). The molecule has 1 amide bonds. The second-order valence-corrected chi connectivity index (χ2v) is 3.36. The Hall–Kier alpha value is -0.610. The van der Waals surface area contributed by atoms with Crippen LogP contribution in [0.1, 0.15) is 12.8 Å². The van der Waals surface area contributed by atoms with E-state index in [2.05, 4.69) is 5.32 Å². The van der Waals surface area contributed by atoms with Crippen molar-refractivity contribution in [3.8, 4) is 0 Å². The molecule has 0 aliphatic carbocycles. The van der Waals surface area contributed by atoms with Crippen LogP contribution in [0.5, 0.6) is 0 Å². The third kappa shape index (κ3) is 1.44. The highest BCUT2D eigenvalue weighted by Crippen LogP contribution is 2.25. The molecule has 2 aliphatic heterocycles. The summed E-state index contributed by atoms with van der Waals surface area (Å²) in [6, 6.07) is 0. The van der Waals surface area contributed by atoms with Crippen molar-refractivity contribution in [3.05, 3.63) is 0 Å². The summed E-state index contributed by atoms with van der Waals surface area (Å²) in [4.78, 5) is 10.8. The molecule has 0 saturated carbocycles. The molecule has 4 heteroatoms. The number of ether oxygens (including phenoxy) is 2. The van der Waals surface area contributed by atoms with Gasteiger partial charge in [0, 0.05) is 32.6 Å². The zero-order chi connectivity index (χ0) is 8.44. The third-order valence-corrected chi connectivity index (χ3v) is 2.52. The van der Waals surface area contributed by atoms with E-state index in [0.717, 1.165) is 26.1 Å². The van der Waals surface area contributed by atoms with Crippen LogP contribution in [0.3, 0.4) is 0 Å². The first kappa shape index (κ1) is 8.01. The van der Waals surface area contributed by atoms with Gasteiger partial charge in [-0.2, -0.15) is 0 Å². The normalized spacial score (nSPS) is 28.5. The van der Waals surface area contributed by atoms with E-state index >= 15 is 0 Å². The van der Waals surface area contributed by atoms with Gasteiger partial charge in [-0.15, -0.1) is 0 Å². The van der Waals surface area contributed by atoms with Crippen molar-refractivity contribution in [2.24, 2.45) is 0 Å². The molecule has 2 fully saturated rings. The molecule has 1 spiro atoms. The fourth-order valence-electron chi connectivity index (χ4n) is 1.64. The Bertz CT molecular complexity index is 175. The van der Waals surface area contributed by atoms with E-state index in [1.165, 1.54) is 0 Å². The Morgan fingerprint density at radius 1 is 1.33 bits per heavy atom. The van der Waals surface area contributed by atoms with Gasteiger partial charge in [0.2, 0.25) is 5.91 Å². The summed E-state index contributed by atoms with van der Waals surface area (Å²) in [6.07, 6.45) is 1.79. The Labute approximate surface area is 71.2 Å². The van der Waals surface area contributed by atoms with E-state index in [4.69, 9.17) is 9.47 Å². The van der Waals surface area contributed by atoms with Gasteiger partial charge in [-0.1, -0.05) is 0 Å². The van der Waals surface area contributed by atoms with Gasteiger partial charge < -0.3 is 14.8 Å². The molecular weight excluding hydrogens is 158 g/mol. The lowest BCUT2D eigenvalue weighted by atomic mass is 9.93. The van der Waals surface area contributed by atoms with E-state index < -0.39 is 0 Å². The quantitative estimate of drug-likeness (QED) is 0.543. The van der Waals surface area contributed by atoms with Crippen LogP contribution in [0, 0.1) is 0 Å². The highest BCUT2D eigenvalue weighted by molar-refractivity contribution is 5.78. The van der Waals surface area contributed by atoms with Crippen molar-refractivity contribution in [3.63, 3.8) is 0 Å². The summed E-state index contributed by atoms with van der Waals surface area (Å²) in [6.45, 7) is 2.35. The molecule has 0 bridgehead atoms. The first-order valence-electron chi connectivity index (χ1n) is 4.29. The number of carbonyl (C=O) groups is 1. The van der Waals surface area contributed by atoms with Crippen molar-refractivity contribution < 1.29 is 14.3 Å². The molecule has 0 radical (unpaired) electrons. The smallest absolute Gasteiger partial charge is 0.246 e. The number of rotatable bonds is 0. The molecule has 68 valence electrons. The van der Waals surface area contributed by atoms with Gasteiger partial charge in [0.05, 0.1) is 5.60 Å². The van der Waals surface area contributed by atoms with Crippen LogP contribution in [-0.4, -0.2) is 37.9 Å². The molecule has 1 N–H and O–H groups in total. The third-order valence-electron chi connectivity index (χ3n) is 2.52. The van der Waals surface area contributed by atoms with Crippen LogP contribution in [0.2, 0.25) is 0 Å². The molecule has 0 aromatic carbocycles. The molecule has 0 aromatic heterocycles. The number of morpholine rings is 1. The molecule has 2 rings (SSSR count). The molecule has 2 saturated heterocycles. The van der Waals surface area contributed by atoms with Crippen molar-refractivity contribution in [2.75, 3.05) is 26.4 Å². The fourth-order valence-corrected chi connectivity index (χ4v) is 1.64. The average molecular weight is 171 g/mol. The minimum Gasteiger partial charge on any atom is -0.381 e. The maximum Gasteiger partial charge on any atom is 0.246 e. The second-order valence-electron chi connectivity index (χ2n) is 3.36. The molecule has 4 nitrogen and oxygen atoms in total. The minimum absolute atomic E-state index is 0.00730. The zero-order valence-electron chi connectivity index (χ0n) is 6.97. The van der Waals surface area contributed by atoms with Crippen molar-refractivity contribution in [2.45, 2.75) is 18.4 Å². The number of hydrogen-bond donors (Lipinski definition) is 1. The summed E-state index contributed by atoms with van der Waals surface area (Å²) in [5.74, 6) is -0.00730. The van der Waals surface area contributed by atoms with Crippen LogP contribution in [0.4, 0.5) is 0 Å². The first-order valence-corrected chi connectivity index (χ1v) is 4.29. The fraction of sp³-hybridized carbons (Fsp3) is 0.875. The van der Waals surface area contributed by atoms with E-state index in [1.807, 2.05) is 0 Å². The summed E-state index contributed by atoms with van der Waals surface area (Å²) in [5.41, 5.74) is -0.119. The van der Waals surface area contributed by atoms with Crippen LogP contribution in [0.25, 0.3) is 0 Å². The highest BCUT2D eigenvalue weighted by Gasteiger charge is 2.37. The second kappa shape index (κ2) is 3.03. The van der Waals surface area contributed by atoms with Gasteiger partial charge in [0.15, 0.2) is 0 Å². The van der Waals surface area contributed by atoms with Crippen LogP contribution in [-0.2, 0) is 14.3 Å². The van der Waals surface area contributed by atoms with Crippen molar-refractivity contribution in [1.82, 2.24) is 5.32 Å². The lowest BCUT2D eigenvalue weighted by Crippen LogP contribution is -2.54. The topological polar surface area (TPSA) is 47.6 Å². The Morgan fingerprint density at radius 2 is 2.08 bits per heavy atom. The zero-order valence-corrected chi connectivity index (χ0v) is 6.97. The molecule has 12 heavy (non-hydrogen) atoms. The number of hydrogen-bond acceptors (Lipinski definition) is 3. The van der Waals surface area contributed by atoms with Gasteiger partial charge in [-0.3, -0.25) is 4.79 Å². The molecule has 0 atom stereocenters. The van der Waals surface area contributed by atoms with E-state index in [1.54, 1.807) is 0 Å². The summed E-state index contributed by atoms with van der Waals surface area (Å²) >= 11 is 0. The van der Waals surface area contributed by atoms with Gasteiger partial charge in [0.1, 0.15) is 6.61 Å². The average Bonchev–Trinajstić information content (AvgIpc) is 2.13. The van der Waals surface area contributed by atoms with Crippen LogP contribution in [0.15, 0.2) is 0 Å². The summed E-state index contributed by atoms with van der Waals surface area (Å²) in [5, 5.41) is 2.82. The monoisotopic (exact) mass is 171 g/mol. The number of carbonyl (C=O) groups excluding carboxylic acids is 1.